The molecule has 0 heterocycles. The minimum absolute atomic E-state index is 0.0114. The number of ether oxygens (including phenoxy) is 1. The molecule has 12 heavy (non-hydrogen) atoms. The molecule has 3 heteroatoms. The van der Waals surface area contributed by atoms with E-state index in [1.807, 2.05) is 12.2 Å². The lowest BCUT2D eigenvalue weighted by atomic mass is 10.4. The Hall–Kier alpha value is -0.640. The third-order valence-corrected chi connectivity index (χ3v) is 1.20. The van der Waals surface area contributed by atoms with Crippen LogP contribution in [-0.2, 0) is 4.74 Å². The van der Waals surface area contributed by atoms with E-state index in [4.69, 9.17) is 11.3 Å². The summed E-state index contributed by atoms with van der Waals surface area (Å²) in [6, 6.07) is 0. The van der Waals surface area contributed by atoms with E-state index >= 15 is 0 Å². The fourth-order valence-electron chi connectivity index (χ4n) is 0.611. The van der Waals surface area contributed by atoms with Gasteiger partial charge in [0, 0.05) is 0 Å². The van der Waals surface area contributed by atoms with Crippen LogP contribution < -0.4 is 0 Å². The van der Waals surface area contributed by atoms with E-state index < -0.39 is 6.10 Å². The van der Waals surface area contributed by atoms with E-state index in [2.05, 4.69) is 11.7 Å². The first-order valence-corrected chi connectivity index (χ1v) is 3.92. The molecule has 0 bridgehead atoms. The topological polar surface area (TPSA) is 49.7 Å². The molecule has 0 aromatic rings. The van der Waals surface area contributed by atoms with E-state index in [0.29, 0.717) is 6.61 Å². The molecule has 0 amide bonds. The summed E-state index contributed by atoms with van der Waals surface area (Å²) >= 11 is 0. The van der Waals surface area contributed by atoms with E-state index in [1.165, 1.54) is 0 Å². The molecule has 1 unspecified atom stereocenters. The summed E-state index contributed by atoms with van der Waals surface area (Å²) in [7, 11) is 0. The van der Waals surface area contributed by atoms with Gasteiger partial charge in [-0.1, -0.05) is 24.8 Å². The van der Waals surface area contributed by atoms with Crippen molar-refractivity contribution in [1.82, 2.24) is 0 Å². The molecule has 2 N–H and O–H groups in total. The van der Waals surface area contributed by atoms with Crippen molar-refractivity contribution in [1.29, 1.82) is 1.43 Å². The zero-order chi connectivity index (χ0) is 9.94. The summed E-state index contributed by atoms with van der Waals surface area (Å²) in [5.74, 6) is 0. The highest BCUT2D eigenvalue weighted by Gasteiger charge is 1.99. The van der Waals surface area contributed by atoms with Gasteiger partial charge in [-0.3, -0.25) is 0 Å². The molecule has 0 aromatic carbocycles. The lowest BCUT2D eigenvalue weighted by Crippen LogP contribution is -2.19. The fraction of sp³-hybridized carbons (Fsp3) is 0.556. The lowest BCUT2D eigenvalue weighted by Gasteiger charge is -2.06. The fourth-order valence-corrected chi connectivity index (χ4v) is 0.611. The van der Waals surface area contributed by atoms with E-state index in [0.717, 1.165) is 6.42 Å². The molecule has 3 nitrogen and oxygen atoms in total. The molecular weight excluding hydrogens is 156 g/mol. The second kappa shape index (κ2) is 8.46. The predicted octanol–water partition coefficient (Wildman–Crippen LogP) is 0.488. The summed E-state index contributed by atoms with van der Waals surface area (Å²) in [4.78, 5) is 0. The van der Waals surface area contributed by atoms with Crippen LogP contribution in [0.5, 0.6) is 0 Å². The summed E-state index contributed by atoms with van der Waals surface area (Å²) in [5.41, 5.74) is 0. The standard InChI is InChI=1S/C9H16O3/c1-2-3-4-5-6-12-8-9(11)7-10/h2-4,9-11H,1,5-8H2/b4-3+/i10D. The third kappa shape index (κ3) is 7.47. The molecule has 0 radical (unpaired) electrons. The molecule has 0 rings (SSSR count). The Balaban J connectivity index is 3.15. The van der Waals surface area contributed by atoms with E-state index in [-0.39, 0.29) is 13.2 Å². The van der Waals surface area contributed by atoms with Crippen LogP contribution in [0, 0.1) is 0 Å². The molecule has 0 aliphatic heterocycles. The maximum atomic E-state index is 9.05. The van der Waals surface area contributed by atoms with Crippen molar-refractivity contribution in [3.8, 4) is 0 Å². The van der Waals surface area contributed by atoms with Crippen molar-refractivity contribution in [2.45, 2.75) is 12.5 Å². The minimum Gasteiger partial charge on any atom is -0.394 e. The van der Waals surface area contributed by atoms with Gasteiger partial charge in [-0.25, -0.2) is 0 Å². The third-order valence-electron chi connectivity index (χ3n) is 1.20. The molecule has 0 saturated heterocycles. The quantitative estimate of drug-likeness (QED) is 0.415. The van der Waals surface area contributed by atoms with Gasteiger partial charge in [-0.05, 0) is 6.42 Å². The molecule has 0 aliphatic carbocycles. The van der Waals surface area contributed by atoms with Crippen LogP contribution >= 0.6 is 0 Å². The predicted molar refractivity (Wildman–Crippen MR) is 47.9 cm³/mol. The van der Waals surface area contributed by atoms with Crippen LogP contribution in [0.1, 0.15) is 6.42 Å². The maximum absolute atomic E-state index is 9.05. The Morgan fingerprint density at radius 1 is 1.67 bits per heavy atom. The molecule has 70 valence electrons. The normalized spacial score (nSPS) is 14.6. The van der Waals surface area contributed by atoms with Crippen LogP contribution in [0.15, 0.2) is 24.8 Å². The van der Waals surface area contributed by atoms with Gasteiger partial charge in [-0.2, -0.15) is 0 Å². The molecule has 0 aromatic heterocycles. The molecule has 0 aliphatic rings. The van der Waals surface area contributed by atoms with Gasteiger partial charge in [0.05, 0.1) is 19.8 Å². The summed E-state index contributed by atoms with van der Waals surface area (Å²) < 4.78 is 11.5. The Labute approximate surface area is 74.5 Å². The van der Waals surface area contributed by atoms with Crippen LogP contribution in [0.4, 0.5) is 0 Å². The zero-order valence-corrected chi connectivity index (χ0v) is 7.11. The second-order valence-electron chi connectivity index (χ2n) is 2.35. The lowest BCUT2D eigenvalue weighted by molar-refractivity contribution is 0.00768. The Kier molecular flexibility index (Phi) is 6.66. The van der Waals surface area contributed by atoms with Crippen molar-refractivity contribution in [2.24, 2.45) is 0 Å². The maximum Gasteiger partial charge on any atom is 0.210 e. The minimum atomic E-state index is -0.708. The largest absolute Gasteiger partial charge is 0.394 e. The van der Waals surface area contributed by atoms with Crippen molar-refractivity contribution in [3.63, 3.8) is 0 Å². The molecule has 1 atom stereocenters. The van der Waals surface area contributed by atoms with Gasteiger partial charge in [0.1, 0.15) is 6.10 Å². The monoisotopic (exact) mass is 173 g/mol. The van der Waals surface area contributed by atoms with E-state index in [9.17, 15) is 0 Å². The van der Waals surface area contributed by atoms with Gasteiger partial charge in [-0.15, -0.1) is 0 Å². The Bertz CT molecular complexity index is 148. The SMILES string of the molecule is [2H]OCC(O)COCC/C=C/C=C. The van der Waals surface area contributed by atoms with Crippen LogP contribution in [0.25, 0.3) is 0 Å². The smallest absolute Gasteiger partial charge is 0.210 e. The summed E-state index contributed by atoms with van der Waals surface area (Å²) in [6.07, 6.45) is 5.55. The average molecular weight is 173 g/mol. The molecule has 0 saturated carbocycles. The number of rotatable bonds is 8. The van der Waals surface area contributed by atoms with Gasteiger partial charge in [0.2, 0.25) is 1.43 Å². The average Bonchev–Trinajstić information content (AvgIpc) is 2.11. The Morgan fingerprint density at radius 2 is 2.50 bits per heavy atom. The van der Waals surface area contributed by atoms with Gasteiger partial charge in [0.25, 0.3) is 0 Å². The number of aliphatic hydroxyl groups is 2. The highest BCUT2D eigenvalue weighted by Crippen LogP contribution is 1.88. The molecule has 0 spiro atoms. The van der Waals surface area contributed by atoms with Gasteiger partial charge in [0.15, 0.2) is 0 Å². The van der Waals surface area contributed by atoms with Crippen molar-refractivity contribution >= 4 is 0 Å². The van der Waals surface area contributed by atoms with E-state index in [1.54, 1.807) is 6.08 Å². The first kappa shape index (κ1) is 9.45. The first-order valence-electron chi connectivity index (χ1n) is 4.33. The zero-order valence-electron chi connectivity index (χ0n) is 8.11. The van der Waals surface area contributed by atoms with Crippen LogP contribution in [0.2, 0.25) is 0 Å². The summed E-state index contributed by atoms with van der Waals surface area (Å²) in [5, 5.41) is 13.0. The highest BCUT2D eigenvalue weighted by molar-refractivity contribution is 4.96. The van der Waals surface area contributed by atoms with Gasteiger partial charge >= 0.3 is 0 Å². The number of hydrogen-bond donors (Lipinski definition) is 2. The van der Waals surface area contributed by atoms with Crippen molar-refractivity contribution in [2.75, 3.05) is 19.8 Å². The first-order chi connectivity index (χ1) is 6.31. The number of hydrogen-bond acceptors (Lipinski definition) is 3. The van der Waals surface area contributed by atoms with Crippen LogP contribution in [-0.4, -0.2) is 37.6 Å². The second-order valence-corrected chi connectivity index (χ2v) is 2.35. The summed E-state index contributed by atoms with van der Waals surface area (Å²) in [6.45, 7) is 4.28. The van der Waals surface area contributed by atoms with Crippen molar-refractivity contribution < 1.29 is 15.0 Å². The molecular formula is C9H16O3. The number of aliphatic hydroxyl groups excluding tert-OH is 2. The number of allylic oxidation sites excluding steroid dienone is 2. The highest BCUT2D eigenvalue weighted by atomic mass is 16.5. The molecule has 0 fully saturated rings. The van der Waals surface area contributed by atoms with Crippen molar-refractivity contribution in [3.05, 3.63) is 24.8 Å². The van der Waals surface area contributed by atoms with Crippen LogP contribution in [0.3, 0.4) is 0 Å². The Morgan fingerprint density at radius 3 is 3.17 bits per heavy atom. The van der Waals surface area contributed by atoms with Gasteiger partial charge < -0.3 is 15.0 Å².